The number of likely N-dealkylation sites (tertiary alicyclic amines) is 1. The molecule has 0 aliphatic carbocycles. The first-order valence-corrected chi connectivity index (χ1v) is 12.6. The molecule has 0 bridgehead atoms. The summed E-state index contributed by atoms with van der Waals surface area (Å²) in [6.07, 6.45) is 3.45. The Bertz CT molecular complexity index is 1320. The van der Waals surface area contributed by atoms with E-state index in [-0.39, 0.29) is 11.8 Å². The lowest BCUT2D eigenvalue weighted by Crippen LogP contribution is -2.38. The minimum Gasteiger partial charge on any atom is -0.339 e. The molecule has 5 rings (SSSR count). The summed E-state index contributed by atoms with van der Waals surface area (Å²) in [5.74, 6) is 1.31. The molecule has 8 nitrogen and oxygen atoms in total. The molecule has 1 fully saturated rings. The zero-order valence-electron chi connectivity index (χ0n) is 20.1. The van der Waals surface area contributed by atoms with E-state index in [1.54, 1.807) is 6.20 Å². The SMILES string of the molecule is Cc1cc(C)c(-c2csc(NC(=O)CN3CCC(c4nc(-c5ccccn5)no4)CC3)n2)cc1C. The van der Waals surface area contributed by atoms with Gasteiger partial charge in [0.05, 0.1) is 12.2 Å². The molecule has 1 aromatic carbocycles. The largest absolute Gasteiger partial charge is 0.339 e. The number of benzene rings is 1. The average Bonchev–Trinajstić information content (AvgIpc) is 3.53. The van der Waals surface area contributed by atoms with Crippen LogP contribution in [-0.2, 0) is 4.79 Å². The molecule has 3 aromatic heterocycles. The number of nitrogens with one attached hydrogen (secondary N) is 1. The number of anilines is 1. The van der Waals surface area contributed by atoms with Crippen molar-refractivity contribution in [3.05, 3.63) is 64.5 Å². The topological polar surface area (TPSA) is 97.0 Å². The number of thiazole rings is 1. The third-order valence-corrected chi connectivity index (χ3v) is 7.26. The van der Waals surface area contributed by atoms with Crippen LogP contribution in [-0.4, -0.2) is 50.5 Å². The lowest BCUT2D eigenvalue weighted by Gasteiger charge is -2.29. The first kappa shape index (κ1) is 23.3. The van der Waals surface area contributed by atoms with Crippen molar-refractivity contribution in [2.75, 3.05) is 25.0 Å². The van der Waals surface area contributed by atoms with E-state index in [1.165, 1.54) is 28.0 Å². The van der Waals surface area contributed by atoms with Gasteiger partial charge in [-0.3, -0.25) is 14.7 Å². The molecule has 4 aromatic rings. The average molecular weight is 489 g/mol. The molecule has 1 amide bonds. The van der Waals surface area contributed by atoms with E-state index in [0.717, 1.165) is 37.2 Å². The molecule has 1 N–H and O–H groups in total. The summed E-state index contributed by atoms with van der Waals surface area (Å²) in [7, 11) is 0. The predicted octanol–water partition coefficient (Wildman–Crippen LogP) is 5.00. The number of aryl methyl sites for hydroxylation is 3. The molecule has 1 saturated heterocycles. The van der Waals surface area contributed by atoms with Crippen LogP contribution in [0.4, 0.5) is 5.13 Å². The third kappa shape index (κ3) is 5.31. The van der Waals surface area contributed by atoms with Crippen molar-refractivity contribution in [3.8, 4) is 22.8 Å². The predicted molar refractivity (Wildman–Crippen MR) is 136 cm³/mol. The van der Waals surface area contributed by atoms with Crippen molar-refractivity contribution in [1.82, 2.24) is 25.0 Å². The van der Waals surface area contributed by atoms with Crippen LogP contribution in [0, 0.1) is 20.8 Å². The molecule has 0 saturated carbocycles. The number of carbonyl (C=O) groups is 1. The lowest BCUT2D eigenvalue weighted by molar-refractivity contribution is -0.117. The number of hydrogen-bond donors (Lipinski definition) is 1. The van der Waals surface area contributed by atoms with E-state index >= 15 is 0 Å². The van der Waals surface area contributed by atoms with Crippen LogP contribution in [0.5, 0.6) is 0 Å². The molecule has 35 heavy (non-hydrogen) atoms. The van der Waals surface area contributed by atoms with E-state index in [0.29, 0.717) is 29.1 Å². The van der Waals surface area contributed by atoms with Crippen LogP contribution >= 0.6 is 11.3 Å². The van der Waals surface area contributed by atoms with Gasteiger partial charge in [-0.1, -0.05) is 17.3 Å². The Hall–Kier alpha value is -3.43. The molecule has 0 unspecified atom stereocenters. The molecule has 0 radical (unpaired) electrons. The van der Waals surface area contributed by atoms with Gasteiger partial charge in [-0.05, 0) is 81.6 Å². The van der Waals surface area contributed by atoms with E-state index in [2.05, 4.69) is 63.2 Å². The van der Waals surface area contributed by atoms with Crippen LogP contribution in [0.2, 0.25) is 0 Å². The van der Waals surface area contributed by atoms with Gasteiger partial charge in [-0.15, -0.1) is 11.3 Å². The van der Waals surface area contributed by atoms with Crippen molar-refractivity contribution in [3.63, 3.8) is 0 Å². The van der Waals surface area contributed by atoms with Crippen molar-refractivity contribution >= 4 is 22.4 Å². The number of piperidine rings is 1. The minimum atomic E-state index is -0.0450. The molecule has 4 heterocycles. The van der Waals surface area contributed by atoms with Gasteiger partial charge in [0.1, 0.15) is 5.69 Å². The van der Waals surface area contributed by atoms with Gasteiger partial charge in [0, 0.05) is 23.1 Å². The quantitative estimate of drug-likeness (QED) is 0.408. The van der Waals surface area contributed by atoms with Crippen LogP contribution < -0.4 is 5.32 Å². The smallest absolute Gasteiger partial charge is 0.240 e. The molecule has 180 valence electrons. The van der Waals surface area contributed by atoms with Crippen LogP contribution in [0.25, 0.3) is 22.8 Å². The Morgan fingerprint density at radius 3 is 2.66 bits per heavy atom. The van der Waals surface area contributed by atoms with Gasteiger partial charge in [0.25, 0.3) is 0 Å². The maximum atomic E-state index is 12.7. The fraction of sp³-hybridized carbons (Fsp3) is 0.346. The first-order valence-electron chi connectivity index (χ1n) is 11.8. The van der Waals surface area contributed by atoms with Gasteiger partial charge in [0.2, 0.25) is 17.6 Å². The number of carbonyl (C=O) groups excluding carboxylic acids is 1. The monoisotopic (exact) mass is 488 g/mol. The Labute approximate surface area is 208 Å². The van der Waals surface area contributed by atoms with Gasteiger partial charge >= 0.3 is 0 Å². The Morgan fingerprint density at radius 2 is 1.89 bits per heavy atom. The van der Waals surface area contributed by atoms with E-state index in [1.807, 2.05) is 23.6 Å². The Balaban J connectivity index is 1.14. The van der Waals surface area contributed by atoms with Crippen LogP contribution in [0.1, 0.15) is 41.3 Å². The number of pyridine rings is 1. The molecular formula is C26H28N6O2S. The highest BCUT2D eigenvalue weighted by Crippen LogP contribution is 2.30. The molecule has 0 spiro atoms. The van der Waals surface area contributed by atoms with Crippen LogP contribution in [0.3, 0.4) is 0 Å². The molecule has 9 heteroatoms. The van der Waals surface area contributed by atoms with Crippen molar-refractivity contribution < 1.29 is 9.32 Å². The summed E-state index contributed by atoms with van der Waals surface area (Å²) in [5.41, 5.74) is 6.41. The van der Waals surface area contributed by atoms with E-state index in [9.17, 15) is 4.79 Å². The second-order valence-electron chi connectivity index (χ2n) is 9.06. The normalized spacial score (nSPS) is 14.8. The molecular weight excluding hydrogens is 460 g/mol. The highest BCUT2D eigenvalue weighted by Gasteiger charge is 2.26. The number of hydrogen-bond acceptors (Lipinski definition) is 8. The van der Waals surface area contributed by atoms with Crippen molar-refractivity contribution in [2.45, 2.75) is 39.5 Å². The fourth-order valence-electron chi connectivity index (χ4n) is 4.39. The number of aromatic nitrogens is 4. The second kappa shape index (κ2) is 10.1. The maximum absolute atomic E-state index is 12.7. The summed E-state index contributed by atoms with van der Waals surface area (Å²) in [6, 6.07) is 9.97. The first-order chi connectivity index (χ1) is 17.0. The van der Waals surface area contributed by atoms with Crippen LogP contribution in [0.15, 0.2) is 46.4 Å². The zero-order chi connectivity index (χ0) is 24.4. The number of rotatable bonds is 6. The second-order valence-corrected chi connectivity index (χ2v) is 9.92. The van der Waals surface area contributed by atoms with Gasteiger partial charge in [-0.2, -0.15) is 4.98 Å². The minimum absolute atomic E-state index is 0.0450. The van der Waals surface area contributed by atoms with Crippen molar-refractivity contribution in [1.29, 1.82) is 0 Å². The number of amides is 1. The number of nitrogens with zero attached hydrogens (tertiary/aromatic N) is 5. The molecule has 1 aliphatic rings. The summed E-state index contributed by atoms with van der Waals surface area (Å²) >= 11 is 1.46. The highest BCUT2D eigenvalue weighted by molar-refractivity contribution is 7.14. The highest BCUT2D eigenvalue weighted by atomic mass is 32.1. The van der Waals surface area contributed by atoms with Gasteiger partial charge in [0.15, 0.2) is 5.13 Å². The lowest BCUT2D eigenvalue weighted by atomic mass is 9.97. The third-order valence-electron chi connectivity index (χ3n) is 6.51. The van der Waals surface area contributed by atoms with Gasteiger partial charge < -0.3 is 9.84 Å². The molecule has 0 atom stereocenters. The zero-order valence-corrected chi connectivity index (χ0v) is 20.9. The summed E-state index contributed by atoms with van der Waals surface area (Å²) in [5, 5.41) is 9.68. The standard InChI is InChI=1S/C26H28N6O2S/c1-16-12-18(3)20(13-17(16)2)22-15-35-26(28-22)29-23(33)14-32-10-7-19(8-11-32)25-30-24(31-34-25)21-6-4-5-9-27-21/h4-6,9,12-13,15,19H,7-8,10-11,14H2,1-3H3,(H,28,29,33). The van der Waals surface area contributed by atoms with Crippen molar-refractivity contribution in [2.24, 2.45) is 0 Å². The summed E-state index contributed by atoms with van der Waals surface area (Å²) in [4.78, 5) is 28.3. The Kier molecular flexibility index (Phi) is 6.70. The van der Waals surface area contributed by atoms with E-state index in [4.69, 9.17) is 4.52 Å². The Morgan fingerprint density at radius 1 is 1.09 bits per heavy atom. The summed E-state index contributed by atoms with van der Waals surface area (Å²) in [6.45, 7) is 8.25. The van der Waals surface area contributed by atoms with Gasteiger partial charge in [-0.25, -0.2) is 4.98 Å². The van der Waals surface area contributed by atoms with E-state index < -0.39 is 0 Å². The fourth-order valence-corrected chi connectivity index (χ4v) is 5.12. The maximum Gasteiger partial charge on any atom is 0.240 e. The molecule has 1 aliphatic heterocycles. The summed E-state index contributed by atoms with van der Waals surface area (Å²) < 4.78 is 5.51.